The lowest BCUT2D eigenvalue weighted by molar-refractivity contribution is -0.112. The highest BCUT2D eigenvalue weighted by atomic mass is 16.1. The third-order valence-corrected chi connectivity index (χ3v) is 3.37. The fourth-order valence-electron chi connectivity index (χ4n) is 1.95. The molecule has 1 rings (SSSR count). The van der Waals surface area contributed by atoms with Gasteiger partial charge in [0.25, 0.3) is 5.91 Å². The lowest BCUT2D eigenvalue weighted by Crippen LogP contribution is -2.17. The molecule has 1 aromatic carbocycles. The molecule has 0 aromatic heterocycles. The van der Waals surface area contributed by atoms with Crippen LogP contribution in [0.2, 0.25) is 0 Å². The van der Waals surface area contributed by atoms with Gasteiger partial charge < -0.3 is 10.6 Å². The van der Waals surface area contributed by atoms with Gasteiger partial charge in [0.1, 0.15) is 11.6 Å². The van der Waals surface area contributed by atoms with E-state index in [1.165, 1.54) is 11.8 Å². The predicted octanol–water partition coefficient (Wildman–Crippen LogP) is 3.94. The van der Waals surface area contributed by atoms with Crippen molar-refractivity contribution in [1.29, 1.82) is 5.26 Å². The zero-order valence-corrected chi connectivity index (χ0v) is 13.6. The molecule has 0 heterocycles. The van der Waals surface area contributed by atoms with Crippen LogP contribution in [-0.2, 0) is 4.79 Å². The van der Waals surface area contributed by atoms with Crippen molar-refractivity contribution in [2.45, 2.75) is 46.0 Å². The van der Waals surface area contributed by atoms with Crippen LogP contribution in [0.5, 0.6) is 0 Å². The molecule has 0 aliphatic carbocycles. The summed E-state index contributed by atoms with van der Waals surface area (Å²) in [6.45, 7) is 7.15. The van der Waals surface area contributed by atoms with Crippen LogP contribution in [0, 0.1) is 11.3 Å². The number of hydrogen-bond acceptors (Lipinski definition) is 3. The number of rotatable bonds is 8. The van der Waals surface area contributed by atoms with E-state index in [-0.39, 0.29) is 11.5 Å². The molecule has 1 aromatic rings. The highest BCUT2D eigenvalue weighted by Gasteiger charge is 2.09. The van der Waals surface area contributed by atoms with Crippen molar-refractivity contribution in [3.63, 3.8) is 0 Å². The molecule has 0 aliphatic heterocycles. The summed E-state index contributed by atoms with van der Waals surface area (Å²) in [4.78, 5) is 12.0. The Kier molecular flexibility index (Phi) is 7.77. The van der Waals surface area contributed by atoms with Crippen LogP contribution in [-0.4, -0.2) is 12.5 Å². The van der Waals surface area contributed by atoms with Gasteiger partial charge in [-0.1, -0.05) is 45.7 Å². The van der Waals surface area contributed by atoms with Crippen LogP contribution in [0.4, 0.5) is 5.69 Å². The average molecular weight is 299 g/mol. The number of hydrogen-bond donors (Lipinski definition) is 2. The van der Waals surface area contributed by atoms with Gasteiger partial charge >= 0.3 is 0 Å². The summed E-state index contributed by atoms with van der Waals surface area (Å²) < 4.78 is 0. The average Bonchev–Trinajstić information content (AvgIpc) is 2.51. The van der Waals surface area contributed by atoms with Crippen LogP contribution >= 0.6 is 0 Å². The summed E-state index contributed by atoms with van der Waals surface area (Å²) >= 11 is 0. The number of anilines is 1. The normalized spacial score (nSPS) is 11.1. The second-order valence-electron chi connectivity index (χ2n) is 5.56. The summed E-state index contributed by atoms with van der Waals surface area (Å²) in [5, 5.41) is 14.8. The third-order valence-electron chi connectivity index (χ3n) is 3.37. The second-order valence-corrected chi connectivity index (χ2v) is 5.56. The molecule has 4 nitrogen and oxygen atoms in total. The fourth-order valence-corrected chi connectivity index (χ4v) is 1.95. The maximum Gasteiger partial charge on any atom is 0.267 e. The monoisotopic (exact) mass is 299 g/mol. The largest absolute Gasteiger partial charge is 0.390 e. The lowest BCUT2D eigenvalue weighted by Gasteiger charge is -2.08. The van der Waals surface area contributed by atoms with Gasteiger partial charge in [0, 0.05) is 18.4 Å². The minimum Gasteiger partial charge on any atom is -0.390 e. The van der Waals surface area contributed by atoms with Gasteiger partial charge in [-0.15, -0.1) is 0 Å². The number of benzene rings is 1. The summed E-state index contributed by atoms with van der Waals surface area (Å²) in [5.41, 5.74) is 2.00. The molecule has 0 bridgehead atoms. The molecule has 0 fully saturated rings. The molecule has 1 amide bonds. The Morgan fingerprint density at radius 3 is 2.50 bits per heavy atom. The molecule has 2 N–H and O–H groups in total. The molecule has 4 heteroatoms. The Balaban J connectivity index is 2.57. The maximum atomic E-state index is 12.0. The molecule has 0 aliphatic rings. The van der Waals surface area contributed by atoms with E-state index in [4.69, 9.17) is 5.26 Å². The highest BCUT2D eigenvalue weighted by Crippen LogP contribution is 2.17. The van der Waals surface area contributed by atoms with Crippen molar-refractivity contribution in [1.82, 2.24) is 5.32 Å². The van der Waals surface area contributed by atoms with E-state index in [0.717, 1.165) is 25.8 Å². The molecule has 118 valence electrons. The molecular formula is C18H25N3O. The molecule has 0 atom stereocenters. The van der Waals surface area contributed by atoms with Crippen LogP contribution in [0.15, 0.2) is 36.0 Å². The van der Waals surface area contributed by atoms with Gasteiger partial charge in [-0.25, -0.2) is 0 Å². The van der Waals surface area contributed by atoms with Crippen molar-refractivity contribution in [3.8, 4) is 6.07 Å². The first-order chi connectivity index (χ1) is 10.6. The van der Waals surface area contributed by atoms with Crippen LogP contribution in [0.3, 0.4) is 0 Å². The molecule has 22 heavy (non-hydrogen) atoms. The fraction of sp³-hybridized carbons (Fsp3) is 0.444. The Labute approximate surface area is 133 Å². The first kappa shape index (κ1) is 17.8. The summed E-state index contributed by atoms with van der Waals surface area (Å²) in [5.74, 6) is 0.0643. The molecule has 0 radical (unpaired) electrons. The van der Waals surface area contributed by atoms with E-state index >= 15 is 0 Å². The van der Waals surface area contributed by atoms with E-state index in [2.05, 4.69) is 31.4 Å². The van der Waals surface area contributed by atoms with E-state index in [0.29, 0.717) is 11.6 Å². The number of nitrogens with zero attached hydrogens (tertiary/aromatic N) is 1. The van der Waals surface area contributed by atoms with Crippen molar-refractivity contribution >= 4 is 11.6 Å². The quantitative estimate of drug-likeness (QED) is 0.434. The van der Waals surface area contributed by atoms with Crippen molar-refractivity contribution in [3.05, 3.63) is 41.6 Å². The maximum absolute atomic E-state index is 12.0. The van der Waals surface area contributed by atoms with Crippen molar-refractivity contribution in [2.24, 2.45) is 0 Å². The molecule has 0 saturated heterocycles. The number of nitrogens with one attached hydrogen (secondary N) is 2. The zero-order valence-electron chi connectivity index (χ0n) is 13.6. The number of nitriles is 1. The SMILES string of the molecule is CCCCCN/C=C(/C#N)C(=O)Nc1ccc(C(C)C)cc1. The summed E-state index contributed by atoms with van der Waals surface area (Å²) in [6, 6.07) is 9.62. The number of carbonyl (C=O) groups is 1. The minimum atomic E-state index is -0.386. The van der Waals surface area contributed by atoms with Crippen LogP contribution in [0.25, 0.3) is 0 Å². The molecule has 0 saturated carbocycles. The highest BCUT2D eigenvalue weighted by molar-refractivity contribution is 6.06. The van der Waals surface area contributed by atoms with Gasteiger partial charge in [-0.3, -0.25) is 4.79 Å². The van der Waals surface area contributed by atoms with Gasteiger partial charge in [0.05, 0.1) is 0 Å². The zero-order chi connectivity index (χ0) is 16.4. The molecule has 0 unspecified atom stereocenters. The summed E-state index contributed by atoms with van der Waals surface area (Å²) in [6.07, 6.45) is 4.80. The second kappa shape index (κ2) is 9.62. The Bertz CT molecular complexity index is 538. The van der Waals surface area contributed by atoms with Gasteiger partial charge in [0.2, 0.25) is 0 Å². The number of carbonyl (C=O) groups excluding carboxylic acids is 1. The molecular weight excluding hydrogens is 274 g/mol. The van der Waals surface area contributed by atoms with Crippen molar-refractivity contribution < 1.29 is 4.79 Å². The van der Waals surface area contributed by atoms with Gasteiger partial charge in [-0.05, 0) is 30.0 Å². The van der Waals surface area contributed by atoms with Gasteiger partial charge in [-0.2, -0.15) is 5.26 Å². The van der Waals surface area contributed by atoms with E-state index < -0.39 is 0 Å². The van der Waals surface area contributed by atoms with E-state index in [1.807, 2.05) is 30.3 Å². The Morgan fingerprint density at radius 1 is 1.27 bits per heavy atom. The van der Waals surface area contributed by atoms with Gasteiger partial charge in [0.15, 0.2) is 0 Å². The molecule has 0 spiro atoms. The standard InChI is InChI=1S/C18H25N3O/c1-4-5-6-11-20-13-16(12-19)18(22)21-17-9-7-15(8-10-17)14(2)3/h7-10,13-14,20H,4-6,11H2,1-3H3,(H,21,22)/b16-13-. The topological polar surface area (TPSA) is 64.9 Å². The summed E-state index contributed by atoms with van der Waals surface area (Å²) in [7, 11) is 0. The Hall–Kier alpha value is -2.28. The smallest absolute Gasteiger partial charge is 0.267 e. The van der Waals surface area contributed by atoms with Crippen LogP contribution < -0.4 is 10.6 Å². The van der Waals surface area contributed by atoms with E-state index in [1.54, 1.807) is 0 Å². The van der Waals surface area contributed by atoms with E-state index in [9.17, 15) is 4.79 Å². The minimum absolute atomic E-state index is 0.0874. The lowest BCUT2D eigenvalue weighted by atomic mass is 10.0. The first-order valence-corrected chi connectivity index (χ1v) is 7.83. The van der Waals surface area contributed by atoms with Crippen molar-refractivity contribution in [2.75, 3.05) is 11.9 Å². The number of unbranched alkanes of at least 4 members (excludes halogenated alkanes) is 2. The number of amides is 1. The van der Waals surface area contributed by atoms with Crippen LogP contribution in [0.1, 0.15) is 51.5 Å². The Morgan fingerprint density at radius 2 is 1.95 bits per heavy atom. The predicted molar refractivity (Wildman–Crippen MR) is 90.4 cm³/mol. The first-order valence-electron chi connectivity index (χ1n) is 7.83. The third kappa shape index (κ3) is 6.01.